The van der Waals surface area contributed by atoms with Crippen LogP contribution in [0.1, 0.15) is 26.2 Å². The van der Waals surface area contributed by atoms with Gasteiger partial charge in [-0.3, -0.25) is 9.69 Å². The van der Waals surface area contributed by atoms with Crippen molar-refractivity contribution in [2.24, 2.45) is 11.7 Å². The predicted molar refractivity (Wildman–Crippen MR) is 122 cm³/mol. The Bertz CT molecular complexity index is 556. The maximum absolute atomic E-state index is 12.3. The van der Waals surface area contributed by atoms with E-state index in [1.54, 1.807) is 0 Å². The highest BCUT2D eigenvalue weighted by molar-refractivity contribution is 5.86. The number of hydrogen-bond acceptors (Lipinski definition) is 5. The van der Waals surface area contributed by atoms with E-state index in [4.69, 9.17) is 5.73 Å². The number of anilines is 1. The summed E-state index contributed by atoms with van der Waals surface area (Å²) in [5.41, 5.74) is 5.78. The fraction of sp³-hybridized carbons (Fsp3) is 0.684. The van der Waals surface area contributed by atoms with Gasteiger partial charge in [0.15, 0.2) is 0 Å². The number of aromatic nitrogens is 1. The molecule has 1 aromatic heterocycles. The van der Waals surface area contributed by atoms with Gasteiger partial charge in [0.1, 0.15) is 5.82 Å². The highest BCUT2D eigenvalue weighted by Crippen LogP contribution is 2.20. The molecule has 1 aromatic rings. The average Bonchev–Trinajstić information content (AvgIpc) is 2.63. The van der Waals surface area contributed by atoms with Gasteiger partial charge in [0.25, 0.3) is 0 Å². The van der Waals surface area contributed by atoms with Crippen molar-refractivity contribution in [1.29, 1.82) is 0 Å². The minimum absolute atomic E-state index is 0. The molecular weight excluding hydrogens is 421 g/mol. The number of amides is 1. The summed E-state index contributed by atoms with van der Waals surface area (Å²) in [5.74, 6) is 1.89. The van der Waals surface area contributed by atoms with Crippen LogP contribution in [-0.4, -0.2) is 72.5 Å². The van der Waals surface area contributed by atoms with Gasteiger partial charge in [0, 0.05) is 64.5 Å². The summed E-state index contributed by atoms with van der Waals surface area (Å²) in [6.07, 6.45) is 4.67. The summed E-state index contributed by atoms with van der Waals surface area (Å²) < 4.78 is 0. The molecule has 2 aliphatic heterocycles. The first-order chi connectivity index (χ1) is 12.1. The fourth-order valence-electron chi connectivity index (χ4n) is 3.91. The second-order valence-electron chi connectivity index (χ2n) is 7.51. The SMILES string of the molecule is CC(N)CC(=O)N1CCCC(CN2CCN(c3ccccn3)CC2)C1.Cl.Cl.Cl. The number of pyridine rings is 1. The van der Waals surface area contributed by atoms with Crippen LogP contribution in [0.2, 0.25) is 0 Å². The Labute approximate surface area is 187 Å². The second kappa shape index (κ2) is 13.4. The lowest BCUT2D eigenvalue weighted by molar-refractivity contribution is -0.133. The first-order valence-electron chi connectivity index (χ1n) is 9.53. The Morgan fingerprint density at radius 2 is 1.89 bits per heavy atom. The zero-order chi connectivity index (χ0) is 17.6. The third-order valence-electron chi connectivity index (χ3n) is 5.23. The van der Waals surface area contributed by atoms with Gasteiger partial charge >= 0.3 is 0 Å². The molecule has 2 unspecified atom stereocenters. The van der Waals surface area contributed by atoms with Crippen molar-refractivity contribution in [2.45, 2.75) is 32.2 Å². The number of carbonyl (C=O) groups excluding carboxylic acids is 1. The highest BCUT2D eigenvalue weighted by atomic mass is 35.5. The van der Waals surface area contributed by atoms with Gasteiger partial charge in [-0.05, 0) is 37.8 Å². The molecule has 0 radical (unpaired) electrons. The van der Waals surface area contributed by atoms with E-state index >= 15 is 0 Å². The van der Waals surface area contributed by atoms with Gasteiger partial charge in [0.2, 0.25) is 5.91 Å². The molecule has 2 fully saturated rings. The molecule has 0 bridgehead atoms. The average molecular weight is 455 g/mol. The fourth-order valence-corrected chi connectivity index (χ4v) is 3.91. The number of piperidine rings is 1. The number of piperazine rings is 1. The number of likely N-dealkylation sites (tertiary alicyclic amines) is 1. The smallest absolute Gasteiger partial charge is 0.224 e. The molecule has 3 rings (SSSR count). The van der Waals surface area contributed by atoms with E-state index in [2.05, 4.69) is 20.9 Å². The largest absolute Gasteiger partial charge is 0.354 e. The Kier molecular flexibility index (Phi) is 13.1. The molecule has 162 valence electrons. The van der Waals surface area contributed by atoms with Gasteiger partial charge in [0.05, 0.1) is 0 Å². The van der Waals surface area contributed by atoms with Crippen molar-refractivity contribution < 1.29 is 4.79 Å². The summed E-state index contributed by atoms with van der Waals surface area (Å²) in [6.45, 7) is 8.98. The van der Waals surface area contributed by atoms with Crippen molar-refractivity contribution in [3.8, 4) is 0 Å². The maximum atomic E-state index is 12.3. The lowest BCUT2D eigenvalue weighted by Crippen LogP contribution is -2.50. The van der Waals surface area contributed by atoms with E-state index in [0.29, 0.717) is 12.3 Å². The molecule has 0 spiro atoms. The third kappa shape index (κ3) is 7.91. The number of hydrogen-bond donors (Lipinski definition) is 1. The minimum atomic E-state index is -0.0486. The van der Waals surface area contributed by atoms with Crippen LogP contribution >= 0.6 is 37.2 Å². The lowest BCUT2D eigenvalue weighted by atomic mass is 9.96. The molecule has 1 amide bonds. The van der Waals surface area contributed by atoms with Crippen LogP contribution < -0.4 is 10.6 Å². The summed E-state index contributed by atoms with van der Waals surface area (Å²) in [6, 6.07) is 6.04. The predicted octanol–water partition coefficient (Wildman–Crippen LogP) is 2.44. The van der Waals surface area contributed by atoms with E-state index in [-0.39, 0.29) is 49.2 Å². The minimum Gasteiger partial charge on any atom is -0.354 e. The van der Waals surface area contributed by atoms with E-state index in [9.17, 15) is 4.79 Å². The first kappa shape index (κ1) is 27.2. The lowest BCUT2D eigenvalue weighted by Gasteiger charge is -2.39. The molecule has 2 N–H and O–H groups in total. The van der Waals surface area contributed by atoms with E-state index in [1.165, 1.54) is 6.42 Å². The van der Waals surface area contributed by atoms with Crippen LogP contribution in [0.4, 0.5) is 5.82 Å². The number of nitrogens with two attached hydrogens (primary N) is 1. The zero-order valence-electron chi connectivity index (χ0n) is 16.5. The topological polar surface area (TPSA) is 65.7 Å². The quantitative estimate of drug-likeness (QED) is 0.740. The molecule has 0 saturated carbocycles. The maximum Gasteiger partial charge on any atom is 0.224 e. The molecule has 0 aromatic carbocycles. The van der Waals surface area contributed by atoms with E-state index in [1.807, 2.05) is 30.2 Å². The summed E-state index contributed by atoms with van der Waals surface area (Å²) in [5, 5.41) is 0. The van der Waals surface area contributed by atoms with Gasteiger partial charge in [-0.15, -0.1) is 37.2 Å². The second-order valence-corrected chi connectivity index (χ2v) is 7.51. The van der Waals surface area contributed by atoms with Crippen molar-refractivity contribution in [3.05, 3.63) is 24.4 Å². The Hall–Kier alpha value is -0.790. The molecule has 2 saturated heterocycles. The third-order valence-corrected chi connectivity index (χ3v) is 5.23. The molecule has 2 atom stereocenters. The molecule has 6 nitrogen and oxygen atoms in total. The molecule has 3 heterocycles. The molecule has 28 heavy (non-hydrogen) atoms. The van der Waals surface area contributed by atoms with Gasteiger partial charge in [-0.2, -0.15) is 0 Å². The van der Waals surface area contributed by atoms with Crippen molar-refractivity contribution in [1.82, 2.24) is 14.8 Å². The van der Waals surface area contributed by atoms with Crippen molar-refractivity contribution in [2.75, 3.05) is 50.7 Å². The van der Waals surface area contributed by atoms with Crippen LogP contribution in [0.5, 0.6) is 0 Å². The van der Waals surface area contributed by atoms with Crippen LogP contribution in [0.25, 0.3) is 0 Å². The first-order valence-corrected chi connectivity index (χ1v) is 9.53. The van der Waals surface area contributed by atoms with Gasteiger partial charge in [-0.25, -0.2) is 4.98 Å². The zero-order valence-corrected chi connectivity index (χ0v) is 19.0. The van der Waals surface area contributed by atoms with Crippen LogP contribution in [-0.2, 0) is 4.79 Å². The highest BCUT2D eigenvalue weighted by Gasteiger charge is 2.27. The standard InChI is InChI=1S/C19H31N5O.3ClH/c1-16(20)13-19(25)24-8-4-5-17(15-24)14-22-9-11-23(12-10-22)18-6-2-3-7-21-18;;;/h2-3,6-7,16-17H,4-5,8-15,20H2,1H3;3*1H. The summed E-state index contributed by atoms with van der Waals surface area (Å²) in [4.78, 5) is 23.6. The normalized spacial score (nSPS) is 21.0. The van der Waals surface area contributed by atoms with Crippen LogP contribution in [0, 0.1) is 5.92 Å². The van der Waals surface area contributed by atoms with Gasteiger partial charge < -0.3 is 15.5 Å². The Morgan fingerprint density at radius 1 is 1.18 bits per heavy atom. The summed E-state index contributed by atoms with van der Waals surface area (Å²) >= 11 is 0. The van der Waals surface area contributed by atoms with Crippen molar-refractivity contribution >= 4 is 48.9 Å². The number of rotatable bonds is 5. The Balaban J connectivity index is 0.00000243. The number of nitrogens with zero attached hydrogens (tertiary/aromatic N) is 4. The molecule has 9 heteroatoms. The van der Waals surface area contributed by atoms with Crippen LogP contribution in [0.15, 0.2) is 24.4 Å². The van der Waals surface area contributed by atoms with Crippen molar-refractivity contribution in [3.63, 3.8) is 0 Å². The summed E-state index contributed by atoms with van der Waals surface area (Å²) in [7, 11) is 0. The Morgan fingerprint density at radius 3 is 2.50 bits per heavy atom. The molecular formula is C19H34Cl3N5O. The molecule has 0 aliphatic carbocycles. The number of halogens is 3. The van der Waals surface area contributed by atoms with Crippen LogP contribution in [0.3, 0.4) is 0 Å². The van der Waals surface area contributed by atoms with E-state index < -0.39 is 0 Å². The van der Waals surface area contributed by atoms with E-state index in [0.717, 1.165) is 58.1 Å². The van der Waals surface area contributed by atoms with Gasteiger partial charge in [-0.1, -0.05) is 6.07 Å². The number of carbonyl (C=O) groups is 1. The molecule has 2 aliphatic rings. The monoisotopic (exact) mass is 453 g/mol.